The van der Waals surface area contributed by atoms with Crippen molar-refractivity contribution in [2.45, 2.75) is 5.41 Å². The molecule has 0 spiro atoms. The number of ketones is 2. The molecular formula is C105H84O12P2+2. The van der Waals surface area contributed by atoms with Crippen LogP contribution < -0.4 is 42.4 Å². The van der Waals surface area contributed by atoms with Gasteiger partial charge in [0, 0.05) is 17.2 Å². The van der Waals surface area contributed by atoms with E-state index in [0.29, 0.717) is 11.1 Å². The van der Waals surface area contributed by atoms with E-state index < -0.39 is 48.7 Å². The number of benzene rings is 17. The molecule has 0 heterocycles. The highest BCUT2D eigenvalue weighted by Gasteiger charge is 2.50. The van der Waals surface area contributed by atoms with Gasteiger partial charge in [0.05, 0.1) is 16.5 Å². The van der Waals surface area contributed by atoms with Gasteiger partial charge < -0.3 is 51.1 Å². The fraction of sp³-hybridized carbons (Fsp3) is 0.00952. The molecule has 584 valence electrons. The van der Waals surface area contributed by atoms with E-state index in [0.717, 1.165) is 23.3 Å². The fourth-order valence-corrected chi connectivity index (χ4v) is 23.5. The van der Waals surface area contributed by atoms with Gasteiger partial charge in [-0.05, 0) is 191 Å². The molecule has 1 aliphatic rings. The van der Waals surface area contributed by atoms with E-state index in [1.807, 2.05) is 30.3 Å². The standard InChI is InChI=1S/C25H18O2.2C24H20P.C13H10O4.C13H10O3.C6H6O3/c26-19-13-9-17(10-14-19)25(18-11-15-20(27)16-12-18)23-7-3-1-5-21(23)22-6-2-4-8-24(22)25;2*1-5-13-21(14-6-1)25(22-15-7-2-8-16-22,23-17-9-3-10-18-23)24-19-11-4-12-20-24;14-10-7-6-9(12(16)13(10)17)11(15)8-4-2-1-3-5-8;14-10-6-7-11(12(15)8-10)13(16)9-4-2-1-3-5-9;7-4-2-1-3-5(8)6(4)9/h1-16,26-27H;2*1-20H;1-7,14,16-17H;1-8,14-15H;1-3,7-9H/q;2*+1;;;. The molecule has 0 amide bonds. The SMILES string of the molecule is O=C(c1ccccc1)c1ccc(O)c(O)c1O.O=C(c1ccccc1)c1ccc(O)cc1O.Oc1ccc(C2(c3ccc(O)cc3)c3ccccc3-c3ccccc32)cc1.Oc1cccc(O)c1O.c1ccc([P+](c2ccccc2)(c2ccccc2)c2ccccc2)cc1.c1ccc([P+](c2ccccc2)(c2ccccc2)c2ccccc2)cc1. The van der Waals surface area contributed by atoms with Crippen LogP contribution in [0.15, 0.2) is 449 Å². The molecule has 18 rings (SSSR count). The zero-order valence-electron chi connectivity index (χ0n) is 64.4. The summed E-state index contributed by atoms with van der Waals surface area (Å²) in [5, 5.41) is 104. The molecule has 1 aliphatic carbocycles. The molecule has 12 nitrogen and oxygen atoms in total. The number of carbonyl (C=O) groups is 2. The summed E-state index contributed by atoms with van der Waals surface area (Å²) in [6, 6.07) is 147. The zero-order valence-corrected chi connectivity index (χ0v) is 66.2. The van der Waals surface area contributed by atoms with E-state index in [9.17, 15) is 35.1 Å². The van der Waals surface area contributed by atoms with Crippen LogP contribution in [0.25, 0.3) is 11.1 Å². The Bertz CT molecular complexity index is 5560. The molecule has 0 aromatic heterocycles. The number of carbonyl (C=O) groups excluding carboxylic acids is 2. The van der Waals surface area contributed by atoms with Crippen LogP contribution in [-0.4, -0.2) is 62.6 Å². The van der Waals surface area contributed by atoms with E-state index in [-0.39, 0.29) is 51.4 Å². The van der Waals surface area contributed by atoms with Crippen LogP contribution >= 0.6 is 14.5 Å². The molecule has 0 saturated carbocycles. The monoisotopic (exact) mass is 1600 g/mol. The van der Waals surface area contributed by atoms with Gasteiger partial charge >= 0.3 is 0 Å². The van der Waals surface area contributed by atoms with Crippen LogP contribution in [0.5, 0.6) is 57.5 Å². The van der Waals surface area contributed by atoms with Gasteiger partial charge in [-0.3, -0.25) is 9.59 Å². The van der Waals surface area contributed by atoms with Gasteiger partial charge in [0.15, 0.2) is 40.3 Å². The first-order valence-electron chi connectivity index (χ1n) is 38.2. The molecule has 14 heteroatoms. The van der Waals surface area contributed by atoms with E-state index >= 15 is 0 Å². The predicted octanol–water partition coefficient (Wildman–Crippen LogP) is 19.2. The molecule has 119 heavy (non-hydrogen) atoms. The lowest BCUT2D eigenvalue weighted by Crippen LogP contribution is -2.38. The third kappa shape index (κ3) is 17.8. The van der Waals surface area contributed by atoms with Crippen LogP contribution in [0.1, 0.15) is 54.1 Å². The van der Waals surface area contributed by atoms with Crippen molar-refractivity contribution in [1.29, 1.82) is 0 Å². The minimum absolute atomic E-state index is 0.0495. The third-order valence-electron chi connectivity index (χ3n) is 20.4. The Morgan fingerprint density at radius 2 is 0.454 bits per heavy atom. The molecule has 0 fully saturated rings. The van der Waals surface area contributed by atoms with Crippen molar-refractivity contribution in [3.05, 3.63) is 493 Å². The van der Waals surface area contributed by atoms with Crippen LogP contribution in [0.4, 0.5) is 0 Å². The summed E-state index contributed by atoms with van der Waals surface area (Å²) in [5.41, 5.74) is 7.57. The summed E-state index contributed by atoms with van der Waals surface area (Å²) in [4.78, 5) is 23.9. The number of rotatable bonds is 14. The number of hydrogen-bond donors (Lipinski definition) is 10. The molecule has 10 N–H and O–H groups in total. The summed E-state index contributed by atoms with van der Waals surface area (Å²) in [6.45, 7) is 0. The van der Waals surface area contributed by atoms with Crippen molar-refractivity contribution < 1.29 is 60.7 Å². The van der Waals surface area contributed by atoms with Crippen LogP contribution in [0.3, 0.4) is 0 Å². The van der Waals surface area contributed by atoms with E-state index in [2.05, 4.69) is 291 Å². The summed E-state index contributed by atoms with van der Waals surface area (Å²) >= 11 is 0. The Kier molecular flexibility index (Phi) is 26.4. The number of hydrogen-bond acceptors (Lipinski definition) is 12. The highest BCUT2D eigenvalue weighted by Crippen LogP contribution is 2.58. The second-order valence-corrected chi connectivity index (χ2v) is 34.3. The summed E-state index contributed by atoms with van der Waals surface area (Å²) < 4.78 is 0. The van der Waals surface area contributed by atoms with Gasteiger partial charge in [-0.15, -0.1) is 0 Å². The van der Waals surface area contributed by atoms with Crippen molar-refractivity contribution in [3.8, 4) is 68.6 Å². The molecule has 0 radical (unpaired) electrons. The highest BCUT2D eigenvalue weighted by molar-refractivity contribution is 8.02. The van der Waals surface area contributed by atoms with Gasteiger partial charge in [-0.25, -0.2) is 0 Å². The molecule has 17 aromatic rings. The second-order valence-electron chi connectivity index (χ2n) is 27.5. The first-order valence-corrected chi connectivity index (χ1v) is 41.8. The Hall–Kier alpha value is -15.1. The van der Waals surface area contributed by atoms with Gasteiger partial charge in [0.2, 0.25) is 5.75 Å². The molecule has 17 aromatic carbocycles. The normalized spacial score (nSPS) is 11.3. The van der Waals surface area contributed by atoms with Crippen molar-refractivity contribution in [3.63, 3.8) is 0 Å². The Morgan fingerprint density at radius 3 is 0.748 bits per heavy atom. The van der Waals surface area contributed by atoms with E-state index in [1.165, 1.54) is 101 Å². The van der Waals surface area contributed by atoms with E-state index in [4.69, 9.17) is 25.5 Å². The Balaban J connectivity index is 0.000000127. The number of para-hydroxylation sites is 1. The first kappa shape index (κ1) is 81.9. The quantitative estimate of drug-likeness (QED) is 0.0278. The number of fused-ring (bicyclic) bond motifs is 3. The molecule has 0 unspecified atom stereocenters. The molecule has 0 aliphatic heterocycles. The lowest BCUT2D eigenvalue weighted by atomic mass is 9.68. The van der Waals surface area contributed by atoms with Crippen LogP contribution in [0.2, 0.25) is 0 Å². The van der Waals surface area contributed by atoms with Crippen molar-refractivity contribution in [2.24, 2.45) is 0 Å². The minimum atomic E-state index is -1.91. The lowest BCUT2D eigenvalue weighted by Gasteiger charge is -2.33. The number of phenols is 10. The molecular weight excluding hydrogens is 1520 g/mol. The lowest BCUT2D eigenvalue weighted by molar-refractivity contribution is 0.102. The van der Waals surface area contributed by atoms with Crippen LogP contribution in [-0.2, 0) is 5.41 Å². The Labute approximate surface area is 692 Å². The largest absolute Gasteiger partial charge is 0.508 e. The molecule has 0 atom stereocenters. The maximum absolute atomic E-state index is 12.0. The molecule has 0 bridgehead atoms. The average molecular weight is 1600 g/mol. The fourth-order valence-electron chi connectivity index (χ4n) is 14.9. The van der Waals surface area contributed by atoms with Gasteiger partial charge in [-0.2, -0.15) is 0 Å². The second kappa shape index (κ2) is 38.4. The van der Waals surface area contributed by atoms with Gasteiger partial charge in [0.25, 0.3) is 0 Å². The van der Waals surface area contributed by atoms with Gasteiger partial charge in [0.1, 0.15) is 80.0 Å². The predicted molar refractivity (Wildman–Crippen MR) is 482 cm³/mol. The highest BCUT2D eigenvalue weighted by atomic mass is 31.2. The Morgan fingerprint density at radius 1 is 0.202 bits per heavy atom. The maximum atomic E-state index is 12.0. The smallest absolute Gasteiger partial charge is 0.201 e. The number of phenolic OH excluding ortho intramolecular Hbond substituents is 10. The van der Waals surface area contributed by atoms with Crippen LogP contribution in [0, 0.1) is 0 Å². The van der Waals surface area contributed by atoms with E-state index in [1.54, 1.807) is 78.9 Å². The van der Waals surface area contributed by atoms with Crippen molar-refractivity contribution >= 4 is 68.5 Å². The van der Waals surface area contributed by atoms with Crippen molar-refractivity contribution in [1.82, 2.24) is 0 Å². The maximum Gasteiger partial charge on any atom is 0.201 e. The minimum Gasteiger partial charge on any atom is -0.508 e. The average Bonchev–Trinajstić information content (AvgIpc) is 1.53. The zero-order chi connectivity index (χ0) is 83.1. The van der Waals surface area contributed by atoms with Gasteiger partial charge in [-0.1, -0.05) is 285 Å². The topological polar surface area (TPSA) is 236 Å². The molecule has 0 saturated heterocycles. The summed E-state index contributed by atoms with van der Waals surface area (Å²) in [5.74, 6) is -3.33. The third-order valence-corrected chi connectivity index (χ3v) is 28.9. The van der Waals surface area contributed by atoms with Crippen molar-refractivity contribution in [2.75, 3.05) is 0 Å². The summed E-state index contributed by atoms with van der Waals surface area (Å²) in [7, 11) is -3.81. The summed E-state index contributed by atoms with van der Waals surface area (Å²) in [6.07, 6.45) is 0. The first-order chi connectivity index (χ1) is 58.1. The number of aromatic hydroxyl groups is 10.